The van der Waals surface area contributed by atoms with Crippen molar-refractivity contribution in [1.29, 1.82) is 0 Å². The number of carbonyl (C=O) groups is 3. The van der Waals surface area contributed by atoms with E-state index in [4.69, 9.17) is 0 Å². The lowest BCUT2D eigenvalue weighted by Gasteiger charge is -2.30. The zero-order valence-electron chi connectivity index (χ0n) is 14.8. The van der Waals surface area contributed by atoms with Gasteiger partial charge < -0.3 is 5.32 Å². The molecule has 2 fully saturated rings. The van der Waals surface area contributed by atoms with Gasteiger partial charge in [0.05, 0.1) is 5.66 Å². The molecule has 6 heteroatoms. The number of likely N-dealkylation sites (tertiary alicyclic amines) is 1. The Morgan fingerprint density at radius 2 is 1.88 bits per heavy atom. The smallest absolute Gasteiger partial charge is 0.236 e. The van der Waals surface area contributed by atoms with E-state index in [9.17, 15) is 14.4 Å². The first-order valence-electron chi connectivity index (χ1n) is 9.40. The van der Waals surface area contributed by atoms with Gasteiger partial charge in [0.2, 0.25) is 17.7 Å². The molecule has 1 N–H and O–H groups in total. The molecule has 1 saturated carbocycles. The number of imide groups is 1. The maximum Gasteiger partial charge on any atom is 0.236 e. The molecule has 0 spiro atoms. The van der Waals surface area contributed by atoms with E-state index in [2.05, 4.69) is 21.5 Å². The van der Waals surface area contributed by atoms with Crippen LogP contribution in [0.3, 0.4) is 0 Å². The lowest BCUT2D eigenvalue weighted by molar-refractivity contribution is -0.139. The quantitative estimate of drug-likeness (QED) is 0.414. The molecule has 1 saturated heterocycles. The Labute approximate surface area is 147 Å². The second-order valence-electron chi connectivity index (χ2n) is 7.22. The molecule has 0 bridgehead atoms. The fraction of sp³-hybridized carbons (Fsp3) is 0.833. The van der Waals surface area contributed by atoms with Crippen molar-refractivity contribution in [3.63, 3.8) is 0 Å². The molecule has 0 aromatic rings. The Hall–Kier alpha value is -0.960. The predicted molar refractivity (Wildman–Crippen MR) is 97.4 cm³/mol. The highest BCUT2D eigenvalue weighted by molar-refractivity contribution is 7.19. The number of amides is 3. The Kier molecular flexibility index (Phi) is 7.67. The third kappa shape index (κ3) is 5.27. The van der Waals surface area contributed by atoms with Crippen LogP contribution < -0.4 is 5.32 Å². The number of nitrogens with one attached hydrogen (secondary N) is 1. The van der Waals surface area contributed by atoms with E-state index < -0.39 is 0 Å². The standard InChI is InChI=1S/C18H31N2O3P/c1-2-3-4-5-10-19-17(22)14-8-6-13(7-9-14)12-20-16(21)11-15(24)18(20)23/h13-15H,2-12,24H2,1H3,(H,19,22). The molecule has 0 aromatic carbocycles. The van der Waals surface area contributed by atoms with Crippen molar-refractivity contribution in [3.05, 3.63) is 0 Å². The van der Waals surface area contributed by atoms with Crippen LogP contribution in [0.25, 0.3) is 0 Å². The second kappa shape index (κ2) is 9.50. The molecule has 5 nitrogen and oxygen atoms in total. The summed E-state index contributed by atoms with van der Waals surface area (Å²) in [5.41, 5.74) is -0.243. The highest BCUT2D eigenvalue weighted by atomic mass is 31.0. The molecule has 3 amide bonds. The number of rotatable bonds is 8. The van der Waals surface area contributed by atoms with Crippen LogP contribution in [-0.2, 0) is 14.4 Å². The second-order valence-corrected chi connectivity index (χ2v) is 8.03. The van der Waals surface area contributed by atoms with Crippen molar-refractivity contribution in [3.8, 4) is 0 Å². The molecular formula is C18H31N2O3P. The van der Waals surface area contributed by atoms with Crippen molar-refractivity contribution >= 4 is 27.0 Å². The van der Waals surface area contributed by atoms with Gasteiger partial charge in [-0.05, 0) is 38.0 Å². The van der Waals surface area contributed by atoms with Crippen LogP contribution >= 0.6 is 9.24 Å². The first-order chi connectivity index (χ1) is 11.5. The van der Waals surface area contributed by atoms with Crippen molar-refractivity contribution in [2.75, 3.05) is 13.1 Å². The molecule has 2 unspecified atom stereocenters. The Bertz CT molecular complexity index is 461. The predicted octanol–water partition coefficient (Wildman–Crippen LogP) is 2.49. The maximum absolute atomic E-state index is 12.2. The fourth-order valence-corrected chi connectivity index (χ4v) is 4.06. The molecule has 1 aliphatic carbocycles. The van der Waals surface area contributed by atoms with Crippen LogP contribution in [0, 0.1) is 11.8 Å². The van der Waals surface area contributed by atoms with Gasteiger partial charge >= 0.3 is 0 Å². The molecule has 24 heavy (non-hydrogen) atoms. The monoisotopic (exact) mass is 354 g/mol. The lowest BCUT2D eigenvalue weighted by atomic mass is 9.81. The van der Waals surface area contributed by atoms with Crippen LogP contribution in [0.5, 0.6) is 0 Å². The first-order valence-corrected chi connectivity index (χ1v) is 10.1. The summed E-state index contributed by atoms with van der Waals surface area (Å²) in [4.78, 5) is 37.5. The highest BCUT2D eigenvalue weighted by Crippen LogP contribution is 2.31. The lowest BCUT2D eigenvalue weighted by Crippen LogP contribution is -2.38. The average molecular weight is 354 g/mol. The summed E-state index contributed by atoms with van der Waals surface area (Å²) in [5, 5.41) is 3.06. The van der Waals surface area contributed by atoms with E-state index in [-0.39, 0.29) is 29.3 Å². The summed E-state index contributed by atoms with van der Waals surface area (Å²) in [6.07, 6.45) is 8.57. The topological polar surface area (TPSA) is 66.5 Å². The summed E-state index contributed by atoms with van der Waals surface area (Å²) in [6, 6.07) is 0. The normalized spacial score (nSPS) is 27.6. The minimum absolute atomic E-state index is 0.0491. The van der Waals surface area contributed by atoms with Crippen molar-refractivity contribution < 1.29 is 14.4 Å². The molecule has 0 aromatic heterocycles. The number of unbranched alkanes of at least 4 members (excludes halogenated alkanes) is 3. The summed E-state index contributed by atoms with van der Waals surface area (Å²) >= 11 is 0. The number of carbonyl (C=O) groups excluding carboxylic acids is 3. The Balaban J connectivity index is 1.67. The number of nitrogens with zero attached hydrogens (tertiary/aromatic N) is 1. The van der Waals surface area contributed by atoms with Crippen LogP contribution in [0.1, 0.15) is 64.7 Å². The minimum Gasteiger partial charge on any atom is -0.356 e. The molecule has 136 valence electrons. The van der Waals surface area contributed by atoms with Crippen LogP contribution in [0.2, 0.25) is 0 Å². The van der Waals surface area contributed by atoms with Crippen LogP contribution in [0.4, 0.5) is 0 Å². The van der Waals surface area contributed by atoms with Crippen LogP contribution in [-0.4, -0.2) is 41.4 Å². The highest BCUT2D eigenvalue weighted by Gasteiger charge is 2.37. The van der Waals surface area contributed by atoms with Crippen molar-refractivity contribution in [1.82, 2.24) is 10.2 Å². The van der Waals surface area contributed by atoms with Gasteiger partial charge in [-0.15, -0.1) is 9.24 Å². The van der Waals surface area contributed by atoms with Gasteiger partial charge in [-0.25, -0.2) is 0 Å². The first kappa shape index (κ1) is 19.4. The Morgan fingerprint density at radius 3 is 2.46 bits per heavy atom. The van der Waals surface area contributed by atoms with E-state index in [1.54, 1.807) is 0 Å². The van der Waals surface area contributed by atoms with Crippen molar-refractivity contribution in [2.45, 2.75) is 70.4 Å². The number of hydrogen-bond donors (Lipinski definition) is 1. The van der Waals surface area contributed by atoms with Gasteiger partial charge in [0.1, 0.15) is 0 Å². The number of hydrogen-bond acceptors (Lipinski definition) is 3. The van der Waals surface area contributed by atoms with E-state index in [1.165, 1.54) is 24.2 Å². The average Bonchev–Trinajstić information content (AvgIpc) is 2.81. The van der Waals surface area contributed by atoms with Gasteiger partial charge in [0.25, 0.3) is 0 Å². The van der Waals surface area contributed by atoms with Gasteiger partial charge in [-0.1, -0.05) is 26.2 Å². The molecule has 1 heterocycles. The summed E-state index contributed by atoms with van der Waals surface area (Å²) in [7, 11) is 2.46. The zero-order chi connectivity index (χ0) is 17.5. The molecular weight excluding hydrogens is 323 g/mol. The van der Waals surface area contributed by atoms with E-state index in [0.29, 0.717) is 18.9 Å². The zero-order valence-corrected chi connectivity index (χ0v) is 15.9. The third-order valence-electron chi connectivity index (χ3n) is 5.27. The van der Waals surface area contributed by atoms with Crippen LogP contribution in [0.15, 0.2) is 0 Å². The van der Waals surface area contributed by atoms with E-state index >= 15 is 0 Å². The minimum atomic E-state index is -0.243. The molecule has 2 rings (SSSR count). The SMILES string of the molecule is CCCCCCNC(=O)C1CCC(CN2C(=O)CC(P)C2=O)CC1. The van der Waals surface area contributed by atoms with E-state index in [0.717, 1.165) is 38.6 Å². The summed E-state index contributed by atoms with van der Waals surface area (Å²) in [6.45, 7) is 3.50. The summed E-state index contributed by atoms with van der Waals surface area (Å²) < 4.78 is 0. The largest absolute Gasteiger partial charge is 0.356 e. The fourth-order valence-electron chi connectivity index (χ4n) is 3.67. The van der Waals surface area contributed by atoms with Gasteiger partial charge in [0, 0.05) is 25.4 Å². The molecule has 1 aliphatic heterocycles. The van der Waals surface area contributed by atoms with E-state index in [1.807, 2.05) is 0 Å². The maximum atomic E-state index is 12.2. The summed E-state index contributed by atoms with van der Waals surface area (Å²) in [5.74, 6) is 0.529. The van der Waals surface area contributed by atoms with Gasteiger partial charge in [-0.2, -0.15) is 0 Å². The molecule has 2 atom stereocenters. The van der Waals surface area contributed by atoms with Crippen molar-refractivity contribution in [2.24, 2.45) is 11.8 Å². The molecule has 0 radical (unpaired) electrons. The third-order valence-corrected chi connectivity index (χ3v) is 5.79. The molecule has 2 aliphatic rings. The van der Waals surface area contributed by atoms with Gasteiger partial charge in [0.15, 0.2) is 0 Å². The Morgan fingerprint density at radius 1 is 1.17 bits per heavy atom. The van der Waals surface area contributed by atoms with Gasteiger partial charge in [-0.3, -0.25) is 19.3 Å².